The molecule has 0 amide bonds. The molecule has 8 heterocycles. The van der Waals surface area contributed by atoms with Crippen LogP contribution in [0.15, 0.2) is 86.2 Å². The van der Waals surface area contributed by atoms with E-state index in [1.165, 1.54) is 12.8 Å². The highest BCUT2D eigenvalue weighted by Gasteiger charge is 2.43. The van der Waals surface area contributed by atoms with E-state index in [9.17, 15) is 10.2 Å². The largest absolute Gasteiger partial charge is 0.497 e. The molecule has 4 N–H and O–H groups in total. The van der Waals surface area contributed by atoms with Gasteiger partial charge < -0.3 is 19.7 Å². The molecule has 4 aromatic rings. The average Bonchev–Trinajstić information content (AvgIpc) is 3.19. The quantitative estimate of drug-likeness (QED) is 0.129. The van der Waals surface area contributed by atoms with Crippen LogP contribution < -0.4 is 9.47 Å². The van der Waals surface area contributed by atoms with Crippen LogP contribution in [0.25, 0.3) is 21.8 Å². The number of aliphatic hydroxyl groups excluding tert-OH is 2. The van der Waals surface area contributed by atoms with Crippen molar-refractivity contribution in [3.63, 3.8) is 0 Å². The van der Waals surface area contributed by atoms with Crippen LogP contribution in [0.2, 0.25) is 0 Å². The van der Waals surface area contributed by atoms with Gasteiger partial charge in [0.1, 0.15) is 11.5 Å². The lowest BCUT2D eigenvalue weighted by atomic mass is 9.73. The van der Waals surface area contributed by atoms with Crippen molar-refractivity contribution < 1.29 is 37.2 Å². The molecule has 6 saturated heterocycles. The molecule has 4 unspecified atom stereocenters. The van der Waals surface area contributed by atoms with Gasteiger partial charge in [-0.05, 0) is 122 Å². The first kappa shape index (κ1) is 38.8. The second-order valence-electron chi connectivity index (χ2n) is 14.4. The van der Waals surface area contributed by atoms with Crippen LogP contribution in [-0.4, -0.2) is 100.0 Å². The average molecular weight is 747 g/mol. The molecule has 6 aliphatic rings. The first-order valence-corrected chi connectivity index (χ1v) is 19.5. The van der Waals surface area contributed by atoms with Crippen molar-refractivity contribution in [2.75, 3.05) is 40.4 Å². The smallest absolute Gasteiger partial charge is 0.394 e. The van der Waals surface area contributed by atoms with Gasteiger partial charge in [0.15, 0.2) is 0 Å². The Hall–Kier alpha value is -3.95. The third-order valence-corrected chi connectivity index (χ3v) is 11.6. The van der Waals surface area contributed by atoms with Gasteiger partial charge in [-0.3, -0.25) is 28.9 Å². The maximum Gasteiger partial charge on any atom is 0.394 e. The molecule has 2 aromatic heterocycles. The SMILES string of the molecule is C=C[C@@H]1CN2CCC1C[C@@H]2[C@@H](O)c1ccnc2ccc(OC)cc12.C=C[C@@H]1CN2CCC1C[C@@H]2[C@@H](O)c1ccnc2ccc(OC)cc12.O=S(=O)(O)O. The number of pyridine rings is 2. The summed E-state index contributed by atoms with van der Waals surface area (Å²) in [5.74, 6) is 4.01. The number of methoxy groups -OCH3 is 2. The molecule has 13 heteroatoms. The lowest BCUT2D eigenvalue weighted by Gasteiger charge is -2.50. The number of aliphatic hydroxyl groups is 2. The van der Waals surface area contributed by atoms with Gasteiger partial charge in [-0.1, -0.05) is 12.2 Å². The standard InChI is InChI=1S/2C20H24N2O2.H2O4S/c2*1-3-13-12-22-9-7-14(13)10-19(22)20(23)16-6-8-21-18-5-4-15(24-2)11-17(16)18;1-5(2,3)4/h2*3-6,8,11,13-14,19-20,23H,1,7,9-10,12H2,2H3;(H2,1,2,3,4)/t2*13-,14?,19-,20+;/m11./s1. The third kappa shape index (κ3) is 8.73. The molecule has 10 atom stereocenters. The van der Waals surface area contributed by atoms with E-state index in [4.69, 9.17) is 27.0 Å². The molecule has 6 aliphatic heterocycles. The third-order valence-electron chi connectivity index (χ3n) is 11.6. The number of piperidine rings is 6. The number of aromatic nitrogens is 2. The van der Waals surface area contributed by atoms with Crippen LogP contribution in [-0.2, 0) is 10.4 Å². The molecule has 6 fully saturated rings. The van der Waals surface area contributed by atoms with Crippen LogP contribution >= 0.6 is 0 Å². The number of hydrogen-bond donors (Lipinski definition) is 4. The van der Waals surface area contributed by atoms with E-state index in [-0.39, 0.29) is 12.1 Å². The van der Waals surface area contributed by atoms with Gasteiger partial charge in [-0.25, -0.2) is 0 Å². The molecule has 284 valence electrons. The Morgan fingerprint density at radius 3 is 1.45 bits per heavy atom. The predicted octanol–water partition coefficient (Wildman–Crippen LogP) is 5.69. The van der Waals surface area contributed by atoms with E-state index < -0.39 is 22.6 Å². The number of benzene rings is 2. The number of ether oxygens (including phenoxy) is 2. The van der Waals surface area contributed by atoms with Crippen molar-refractivity contribution in [2.45, 2.75) is 50.0 Å². The van der Waals surface area contributed by atoms with Crippen molar-refractivity contribution in [2.24, 2.45) is 23.7 Å². The van der Waals surface area contributed by atoms with Gasteiger partial charge in [0, 0.05) is 48.3 Å². The number of fused-ring (bicyclic) bond motifs is 8. The summed E-state index contributed by atoms with van der Waals surface area (Å²) < 4.78 is 42.3. The van der Waals surface area contributed by atoms with E-state index in [1.54, 1.807) is 26.6 Å². The van der Waals surface area contributed by atoms with Gasteiger partial charge in [-0.2, -0.15) is 8.42 Å². The van der Waals surface area contributed by atoms with Crippen molar-refractivity contribution in [3.8, 4) is 11.5 Å². The van der Waals surface area contributed by atoms with Crippen molar-refractivity contribution >= 4 is 32.2 Å². The first-order valence-electron chi connectivity index (χ1n) is 18.1. The fraction of sp³-hybridized carbons (Fsp3) is 0.450. The molecule has 0 aliphatic carbocycles. The number of rotatable bonds is 8. The lowest BCUT2D eigenvalue weighted by Crippen LogP contribution is -2.54. The summed E-state index contributed by atoms with van der Waals surface area (Å²) in [6.45, 7) is 12.1. The Bertz CT molecular complexity index is 1890. The van der Waals surface area contributed by atoms with Crippen LogP contribution in [0.1, 0.15) is 49.0 Å². The van der Waals surface area contributed by atoms with Gasteiger partial charge in [0.05, 0.1) is 37.5 Å². The molecule has 4 bridgehead atoms. The minimum atomic E-state index is -4.67. The fourth-order valence-corrected chi connectivity index (χ4v) is 8.89. The van der Waals surface area contributed by atoms with Crippen LogP contribution in [0, 0.1) is 23.7 Å². The molecule has 10 rings (SSSR count). The summed E-state index contributed by atoms with van der Waals surface area (Å²) in [7, 11) is -1.34. The number of nitrogens with zero attached hydrogens (tertiary/aromatic N) is 4. The summed E-state index contributed by atoms with van der Waals surface area (Å²) in [5.41, 5.74) is 3.69. The normalized spacial score (nSPS) is 28.5. The molecular weight excluding hydrogens is 697 g/mol. The Labute approximate surface area is 311 Å². The summed E-state index contributed by atoms with van der Waals surface area (Å²) in [6, 6.07) is 15.9. The summed E-state index contributed by atoms with van der Waals surface area (Å²) in [5, 5.41) is 24.3. The Kier molecular flexibility index (Phi) is 12.1. The first-order chi connectivity index (χ1) is 25.4. The molecule has 2 aromatic carbocycles. The highest BCUT2D eigenvalue weighted by molar-refractivity contribution is 7.79. The van der Waals surface area contributed by atoms with Crippen molar-refractivity contribution in [1.82, 2.24) is 19.8 Å². The molecule has 0 saturated carbocycles. The van der Waals surface area contributed by atoms with Crippen molar-refractivity contribution in [1.29, 1.82) is 0 Å². The zero-order chi connectivity index (χ0) is 37.9. The summed E-state index contributed by atoms with van der Waals surface area (Å²) >= 11 is 0. The second kappa shape index (κ2) is 16.6. The molecule has 0 radical (unpaired) electrons. The molecule has 12 nitrogen and oxygen atoms in total. The highest BCUT2D eigenvalue weighted by atomic mass is 32.3. The molecular formula is C40H50N4O8S. The van der Waals surface area contributed by atoms with Crippen molar-refractivity contribution in [3.05, 3.63) is 97.4 Å². The highest BCUT2D eigenvalue weighted by Crippen LogP contribution is 2.43. The Balaban J connectivity index is 0.000000161. The van der Waals surface area contributed by atoms with Crippen LogP contribution in [0.5, 0.6) is 11.5 Å². The van der Waals surface area contributed by atoms with Gasteiger partial charge in [-0.15, -0.1) is 13.2 Å². The maximum absolute atomic E-state index is 11.2. The van der Waals surface area contributed by atoms with Crippen LogP contribution in [0.3, 0.4) is 0 Å². The zero-order valence-electron chi connectivity index (χ0n) is 30.2. The second-order valence-corrected chi connectivity index (χ2v) is 15.3. The minimum Gasteiger partial charge on any atom is -0.497 e. The lowest BCUT2D eigenvalue weighted by molar-refractivity contribution is -0.0445. The van der Waals surface area contributed by atoms with E-state index >= 15 is 0 Å². The van der Waals surface area contributed by atoms with Gasteiger partial charge in [0.2, 0.25) is 0 Å². The fourth-order valence-electron chi connectivity index (χ4n) is 8.89. The van der Waals surface area contributed by atoms with Gasteiger partial charge >= 0.3 is 10.4 Å². The monoisotopic (exact) mass is 746 g/mol. The van der Waals surface area contributed by atoms with E-state index in [0.717, 1.165) is 83.5 Å². The van der Waals surface area contributed by atoms with Crippen LogP contribution in [0.4, 0.5) is 0 Å². The van der Waals surface area contributed by atoms with E-state index in [1.807, 2.05) is 48.5 Å². The topological polar surface area (TPSA) is 166 Å². The maximum atomic E-state index is 11.2. The predicted molar refractivity (Wildman–Crippen MR) is 204 cm³/mol. The molecule has 0 spiro atoms. The zero-order valence-corrected chi connectivity index (χ0v) is 31.1. The minimum absolute atomic E-state index is 0.178. The van der Waals surface area contributed by atoms with Gasteiger partial charge in [0.25, 0.3) is 0 Å². The molecule has 53 heavy (non-hydrogen) atoms. The summed E-state index contributed by atoms with van der Waals surface area (Å²) in [6.07, 6.45) is 11.2. The summed E-state index contributed by atoms with van der Waals surface area (Å²) in [4.78, 5) is 13.7. The Morgan fingerprint density at radius 1 is 0.736 bits per heavy atom. The Morgan fingerprint density at radius 2 is 1.13 bits per heavy atom. The van der Waals surface area contributed by atoms with E-state index in [2.05, 4.69) is 45.1 Å². The number of hydrogen-bond acceptors (Lipinski definition) is 10. The van der Waals surface area contributed by atoms with E-state index in [0.29, 0.717) is 23.7 Å².